The minimum Gasteiger partial charge on any atom is -0.508 e. The predicted octanol–water partition coefficient (Wildman–Crippen LogP) is 5.07. The van der Waals surface area contributed by atoms with Crippen LogP contribution in [-0.2, 0) is 0 Å². The summed E-state index contributed by atoms with van der Waals surface area (Å²) in [5.74, 6) is -0.0781. The smallest absolute Gasteiger partial charge is 0.159 e. The van der Waals surface area contributed by atoms with E-state index in [9.17, 15) is 9.50 Å². The predicted molar refractivity (Wildman–Crippen MR) is 119 cm³/mol. The molecule has 3 N–H and O–H groups in total. The molecule has 0 saturated heterocycles. The first kappa shape index (κ1) is 18.2. The normalized spacial score (nSPS) is 11.4. The number of hydrogen-bond acceptors (Lipinski definition) is 5. The van der Waals surface area contributed by atoms with Crippen LogP contribution in [0.3, 0.4) is 0 Å². The molecule has 0 aliphatic heterocycles. The van der Waals surface area contributed by atoms with E-state index in [0.29, 0.717) is 28.2 Å². The van der Waals surface area contributed by atoms with Crippen molar-refractivity contribution in [1.29, 1.82) is 0 Å². The van der Waals surface area contributed by atoms with Crippen molar-refractivity contribution in [1.82, 2.24) is 30.1 Å². The average Bonchev–Trinajstić information content (AvgIpc) is 3.42. The molecule has 6 aromatic rings. The molecule has 2 aromatic carbocycles. The van der Waals surface area contributed by atoms with Crippen LogP contribution in [0.5, 0.6) is 5.75 Å². The molecule has 154 valence electrons. The molecule has 0 aliphatic carbocycles. The lowest BCUT2D eigenvalue weighted by atomic mass is 10.0. The van der Waals surface area contributed by atoms with Gasteiger partial charge in [0.05, 0.1) is 28.4 Å². The zero-order valence-corrected chi connectivity index (χ0v) is 16.5. The van der Waals surface area contributed by atoms with E-state index < -0.39 is 5.82 Å². The number of phenols is 1. The number of para-hydroxylation sites is 1. The number of benzene rings is 2. The van der Waals surface area contributed by atoms with E-state index >= 15 is 0 Å². The van der Waals surface area contributed by atoms with Gasteiger partial charge in [0.1, 0.15) is 17.3 Å². The van der Waals surface area contributed by atoms with Crippen molar-refractivity contribution >= 4 is 21.9 Å². The van der Waals surface area contributed by atoms with E-state index in [2.05, 4.69) is 25.1 Å². The maximum atomic E-state index is 13.9. The van der Waals surface area contributed by atoms with Crippen LogP contribution in [0.1, 0.15) is 0 Å². The van der Waals surface area contributed by atoms with Crippen molar-refractivity contribution in [3.05, 3.63) is 79.0 Å². The Morgan fingerprint density at radius 1 is 0.906 bits per heavy atom. The van der Waals surface area contributed by atoms with Gasteiger partial charge >= 0.3 is 0 Å². The Hall–Kier alpha value is -4.59. The molecule has 0 amide bonds. The molecule has 0 atom stereocenters. The molecule has 0 radical (unpaired) electrons. The van der Waals surface area contributed by atoms with Gasteiger partial charge in [-0.1, -0.05) is 12.1 Å². The van der Waals surface area contributed by atoms with Crippen molar-refractivity contribution < 1.29 is 9.50 Å². The summed E-state index contributed by atoms with van der Waals surface area (Å²) in [6.45, 7) is 0. The molecular weight excluding hydrogens is 407 g/mol. The Labute approximate surface area is 180 Å². The number of nitrogens with zero attached hydrogens (tertiary/aromatic N) is 4. The molecule has 4 aromatic heterocycles. The summed E-state index contributed by atoms with van der Waals surface area (Å²) < 4.78 is 13.9. The lowest BCUT2D eigenvalue weighted by molar-refractivity contribution is 0.469. The van der Waals surface area contributed by atoms with Gasteiger partial charge in [-0.15, -0.1) is 0 Å². The van der Waals surface area contributed by atoms with Gasteiger partial charge in [-0.25, -0.2) is 9.37 Å². The fraction of sp³-hybridized carbons (Fsp3) is 0. The van der Waals surface area contributed by atoms with E-state index in [4.69, 9.17) is 4.98 Å². The van der Waals surface area contributed by atoms with Crippen LogP contribution in [0.4, 0.5) is 4.39 Å². The Morgan fingerprint density at radius 2 is 1.84 bits per heavy atom. The number of H-pyrrole nitrogens is 2. The van der Waals surface area contributed by atoms with Crippen LogP contribution in [0, 0.1) is 5.82 Å². The van der Waals surface area contributed by atoms with E-state index in [0.717, 1.165) is 33.7 Å². The van der Waals surface area contributed by atoms with Gasteiger partial charge in [-0.05, 0) is 42.0 Å². The van der Waals surface area contributed by atoms with Crippen LogP contribution in [-0.4, -0.2) is 35.2 Å². The number of nitrogens with one attached hydrogen (secondary N) is 2. The zero-order chi connectivity index (χ0) is 21.7. The summed E-state index contributed by atoms with van der Waals surface area (Å²) in [4.78, 5) is 16.7. The Bertz CT molecular complexity index is 1590. The maximum Gasteiger partial charge on any atom is 0.159 e. The molecular formula is C24H15FN6O. The van der Waals surface area contributed by atoms with Gasteiger partial charge in [0.15, 0.2) is 5.82 Å². The summed E-state index contributed by atoms with van der Waals surface area (Å²) in [5, 5.41) is 18.1. The molecule has 0 spiro atoms. The Balaban J connectivity index is 1.52. The molecule has 4 heterocycles. The van der Waals surface area contributed by atoms with E-state index in [-0.39, 0.29) is 5.75 Å². The summed E-state index contributed by atoms with van der Waals surface area (Å²) in [6, 6.07) is 15.3. The highest BCUT2D eigenvalue weighted by Crippen LogP contribution is 2.33. The van der Waals surface area contributed by atoms with Crippen LogP contribution < -0.4 is 0 Å². The second-order valence-electron chi connectivity index (χ2n) is 7.41. The van der Waals surface area contributed by atoms with Crippen molar-refractivity contribution in [3.63, 3.8) is 0 Å². The molecule has 0 fully saturated rings. The molecule has 0 aliphatic rings. The van der Waals surface area contributed by atoms with Gasteiger partial charge in [-0.2, -0.15) is 5.10 Å². The van der Waals surface area contributed by atoms with Gasteiger partial charge in [0, 0.05) is 35.0 Å². The lowest BCUT2D eigenvalue weighted by Crippen LogP contribution is -1.86. The largest absolute Gasteiger partial charge is 0.508 e. The minimum absolute atomic E-state index is 0.138. The Kier molecular flexibility index (Phi) is 3.97. The summed E-state index contributed by atoms with van der Waals surface area (Å²) >= 11 is 0. The average molecular weight is 422 g/mol. The van der Waals surface area contributed by atoms with Crippen molar-refractivity contribution in [2.75, 3.05) is 0 Å². The summed E-state index contributed by atoms with van der Waals surface area (Å²) in [5.41, 5.74) is 5.79. The quantitative estimate of drug-likeness (QED) is 0.369. The van der Waals surface area contributed by atoms with Crippen LogP contribution in [0.15, 0.2) is 73.2 Å². The molecule has 0 unspecified atom stereocenters. The van der Waals surface area contributed by atoms with Gasteiger partial charge in [0.2, 0.25) is 0 Å². The SMILES string of the molecule is Oc1cc(F)cc(-c2cccc3[nH]c(-c4n[nH]c5cnc(-c6cccnc6)cc45)nc23)c1. The summed E-state index contributed by atoms with van der Waals surface area (Å²) in [6.07, 6.45) is 5.21. The number of fused-ring (bicyclic) bond motifs is 2. The highest BCUT2D eigenvalue weighted by molar-refractivity contribution is 5.97. The third-order valence-electron chi connectivity index (χ3n) is 5.34. The number of rotatable bonds is 3. The molecule has 6 rings (SSSR count). The Morgan fingerprint density at radius 3 is 2.69 bits per heavy atom. The molecule has 0 saturated carbocycles. The highest BCUT2D eigenvalue weighted by atomic mass is 19.1. The maximum absolute atomic E-state index is 13.9. The molecule has 8 heteroatoms. The first-order valence-corrected chi connectivity index (χ1v) is 9.89. The fourth-order valence-corrected chi connectivity index (χ4v) is 3.88. The second-order valence-corrected chi connectivity index (χ2v) is 7.41. The van der Waals surface area contributed by atoms with Gasteiger partial charge in [0.25, 0.3) is 0 Å². The number of hydrogen-bond donors (Lipinski definition) is 3. The lowest BCUT2D eigenvalue weighted by Gasteiger charge is -2.04. The van der Waals surface area contributed by atoms with E-state index in [1.807, 2.05) is 36.4 Å². The number of imidazole rings is 1. The topological polar surface area (TPSA) is 103 Å². The number of aromatic nitrogens is 6. The minimum atomic E-state index is -0.513. The third kappa shape index (κ3) is 2.97. The van der Waals surface area contributed by atoms with Crippen molar-refractivity contribution in [2.24, 2.45) is 0 Å². The summed E-state index contributed by atoms with van der Waals surface area (Å²) in [7, 11) is 0. The van der Waals surface area contributed by atoms with Crippen molar-refractivity contribution in [2.45, 2.75) is 0 Å². The van der Waals surface area contributed by atoms with Crippen LogP contribution >= 0.6 is 0 Å². The van der Waals surface area contributed by atoms with Crippen molar-refractivity contribution in [3.8, 4) is 39.7 Å². The number of aromatic amines is 2. The first-order valence-electron chi connectivity index (χ1n) is 9.89. The van der Waals surface area contributed by atoms with Crippen LogP contribution in [0.2, 0.25) is 0 Å². The second kappa shape index (κ2) is 6.98. The van der Waals surface area contributed by atoms with Gasteiger partial charge in [-0.3, -0.25) is 15.1 Å². The number of pyridine rings is 2. The fourth-order valence-electron chi connectivity index (χ4n) is 3.88. The standard InChI is InChI=1S/C24H15FN6O/c25-15-7-14(8-16(32)9-15)17-4-1-5-19-22(17)29-24(28-19)23-18-10-20(13-3-2-6-26-11-13)27-12-21(18)30-31-23/h1-12,32H,(H,28,29)(H,30,31). The number of aromatic hydroxyl groups is 1. The highest BCUT2D eigenvalue weighted by Gasteiger charge is 2.16. The third-order valence-corrected chi connectivity index (χ3v) is 5.34. The van der Waals surface area contributed by atoms with E-state index in [1.54, 1.807) is 18.6 Å². The molecule has 7 nitrogen and oxygen atoms in total. The molecule has 32 heavy (non-hydrogen) atoms. The van der Waals surface area contributed by atoms with Gasteiger partial charge < -0.3 is 10.1 Å². The number of phenolic OH excluding ortho intramolecular Hbond substituents is 1. The molecule has 0 bridgehead atoms. The number of halogens is 1. The zero-order valence-electron chi connectivity index (χ0n) is 16.5. The van der Waals surface area contributed by atoms with E-state index in [1.165, 1.54) is 12.1 Å². The monoisotopic (exact) mass is 422 g/mol. The first-order chi connectivity index (χ1) is 15.7. The van der Waals surface area contributed by atoms with Crippen LogP contribution in [0.25, 0.3) is 55.8 Å².